The Morgan fingerprint density at radius 2 is 1.68 bits per heavy atom. The lowest BCUT2D eigenvalue weighted by Crippen LogP contribution is -2.25. The van der Waals surface area contributed by atoms with Gasteiger partial charge in [-0.3, -0.25) is 4.79 Å². The third-order valence-corrected chi connectivity index (χ3v) is 2.98. The molecule has 0 saturated carbocycles. The lowest BCUT2D eigenvalue weighted by atomic mass is 10.00. The highest BCUT2D eigenvalue weighted by Gasteiger charge is 2.11. The summed E-state index contributed by atoms with van der Waals surface area (Å²) in [7, 11) is 1.28. The molecule has 1 N–H and O–H groups in total. The Bertz CT molecular complexity index is 521. The molecule has 102 valence electrons. The van der Waals surface area contributed by atoms with E-state index in [-0.39, 0.29) is 11.6 Å². The molecule has 0 aromatic heterocycles. The maximum absolute atomic E-state index is 11.6. The molecule has 0 spiro atoms. The molecule has 0 radical (unpaired) electrons. The van der Waals surface area contributed by atoms with Crippen molar-refractivity contribution in [2.45, 2.75) is 27.7 Å². The number of carbonyl (C=O) groups is 2. The van der Waals surface area contributed by atoms with Crippen LogP contribution in [0.2, 0.25) is 0 Å². The first-order valence-corrected chi connectivity index (χ1v) is 6.00. The molecule has 0 atom stereocenters. The van der Waals surface area contributed by atoms with Crippen molar-refractivity contribution in [3.8, 4) is 0 Å². The minimum absolute atomic E-state index is 0.137. The average molecular weight is 261 g/mol. The highest BCUT2D eigenvalue weighted by atomic mass is 16.5. The molecule has 19 heavy (non-hydrogen) atoms. The number of rotatable bonds is 3. The summed E-state index contributed by atoms with van der Waals surface area (Å²) < 4.78 is 4.65. The van der Waals surface area contributed by atoms with Crippen molar-refractivity contribution in [1.82, 2.24) is 5.32 Å². The molecule has 0 bridgehead atoms. The van der Waals surface area contributed by atoms with E-state index in [0.717, 1.165) is 16.7 Å². The first-order valence-electron chi connectivity index (χ1n) is 6.00. The van der Waals surface area contributed by atoms with Gasteiger partial charge in [-0.05, 0) is 49.1 Å². The van der Waals surface area contributed by atoms with Crippen LogP contribution in [-0.4, -0.2) is 19.0 Å². The van der Waals surface area contributed by atoms with E-state index in [9.17, 15) is 9.59 Å². The van der Waals surface area contributed by atoms with E-state index in [0.29, 0.717) is 0 Å². The maximum Gasteiger partial charge on any atom is 0.354 e. The average Bonchev–Trinajstić information content (AvgIpc) is 2.33. The molecule has 1 amide bonds. The molecule has 1 rings (SSSR count). The number of amides is 1. The van der Waals surface area contributed by atoms with Crippen LogP contribution >= 0.6 is 0 Å². The number of hydrogen-bond acceptors (Lipinski definition) is 3. The second kappa shape index (κ2) is 6.18. The number of benzene rings is 1. The van der Waals surface area contributed by atoms with Crippen molar-refractivity contribution in [2.24, 2.45) is 0 Å². The van der Waals surface area contributed by atoms with Crippen LogP contribution in [0.3, 0.4) is 0 Å². The standard InChI is InChI=1S/C15H19NO3/c1-9-6-13(7-10(2)11(9)3)8-14(15(18)19-5)16-12(4)17/h6-8H,1-5H3,(H,16,17)/b14-8+. The zero-order valence-corrected chi connectivity index (χ0v) is 12.0. The molecular weight excluding hydrogens is 242 g/mol. The maximum atomic E-state index is 11.6. The van der Waals surface area contributed by atoms with Gasteiger partial charge in [-0.25, -0.2) is 4.79 Å². The first kappa shape index (κ1) is 15.0. The quantitative estimate of drug-likeness (QED) is 0.670. The van der Waals surface area contributed by atoms with Crippen molar-refractivity contribution >= 4 is 18.0 Å². The van der Waals surface area contributed by atoms with Crippen molar-refractivity contribution in [3.05, 3.63) is 40.1 Å². The summed E-state index contributed by atoms with van der Waals surface area (Å²) in [6, 6.07) is 3.93. The topological polar surface area (TPSA) is 55.4 Å². The van der Waals surface area contributed by atoms with Gasteiger partial charge in [0.15, 0.2) is 0 Å². The lowest BCUT2D eigenvalue weighted by molar-refractivity contribution is -0.137. The van der Waals surface area contributed by atoms with Gasteiger partial charge in [-0.2, -0.15) is 0 Å². The number of esters is 1. The number of hydrogen-bond donors (Lipinski definition) is 1. The van der Waals surface area contributed by atoms with Crippen LogP contribution in [0, 0.1) is 20.8 Å². The fraction of sp³-hybridized carbons (Fsp3) is 0.333. The predicted molar refractivity (Wildman–Crippen MR) is 74.5 cm³/mol. The predicted octanol–water partition coefficient (Wildman–Crippen LogP) is 2.26. The van der Waals surface area contributed by atoms with Gasteiger partial charge < -0.3 is 10.1 Å². The van der Waals surface area contributed by atoms with Gasteiger partial charge >= 0.3 is 5.97 Å². The summed E-state index contributed by atoms with van der Waals surface area (Å²) >= 11 is 0. The number of aryl methyl sites for hydroxylation is 2. The number of carbonyl (C=O) groups excluding carboxylic acids is 2. The minimum atomic E-state index is -0.564. The van der Waals surface area contributed by atoms with Crippen LogP contribution in [0.4, 0.5) is 0 Å². The van der Waals surface area contributed by atoms with Gasteiger partial charge in [0, 0.05) is 6.92 Å². The fourth-order valence-corrected chi connectivity index (χ4v) is 1.76. The van der Waals surface area contributed by atoms with Gasteiger partial charge in [0.1, 0.15) is 5.70 Å². The second-order valence-electron chi connectivity index (χ2n) is 4.51. The monoisotopic (exact) mass is 261 g/mol. The molecule has 0 heterocycles. The van der Waals surface area contributed by atoms with Crippen molar-refractivity contribution in [1.29, 1.82) is 0 Å². The summed E-state index contributed by atoms with van der Waals surface area (Å²) in [6.45, 7) is 7.42. The second-order valence-corrected chi connectivity index (χ2v) is 4.51. The third-order valence-electron chi connectivity index (χ3n) is 2.98. The Balaban J connectivity index is 3.21. The smallest absolute Gasteiger partial charge is 0.354 e. The van der Waals surface area contributed by atoms with Gasteiger partial charge in [0.2, 0.25) is 5.91 Å². The summed E-state index contributed by atoms with van der Waals surface area (Å²) in [5, 5.41) is 2.48. The Morgan fingerprint density at radius 1 is 1.16 bits per heavy atom. The molecular formula is C15H19NO3. The van der Waals surface area contributed by atoms with E-state index in [1.54, 1.807) is 6.08 Å². The highest BCUT2D eigenvalue weighted by molar-refractivity contribution is 5.97. The van der Waals surface area contributed by atoms with E-state index >= 15 is 0 Å². The Kier molecular flexibility index (Phi) is 4.87. The largest absolute Gasteiger partial charge is 0.464 e. The summed E-state index contributed by atoms with van der Waals surface area (Å²) in [5.74, 6) is -0.872. The van der Waals surface area contributed by atoms with Crippen LogP contribution in [-0.2, 0) is 14.3 Å². The Morgan fingerprint density at radius 3 is 2.11 bits per heavy atom. The van der Waals surface area contributed by atoms with Crippen molar-refractivity contribution < 1.29 is 14.3 Å². The van der Waals surface area contributed by atoms with Crippen LogP contribution in [0.1, 0.15) is 29.2 Å². The van der Waals surface area contributed by atoms with E-state index in [2.05, 4.69) is 10.1 Å². The molecule has 0 fully saturated rings. The number of ether oxygens (including phenoxy) is 1. The van der Waals surface area contributed by atoms with E-state index < -0.39 is 5.97 Å². The molecule has 1 aromatic carbocycles. The summed E-state index contributed by atoms with van der Waals surface area (Å²) in [5.41, 5.74) is 4.49. The summed E-state index contributed by atoms with van der Waals surface area (Å²) in [6.07, 6.45) is 1.62. The summed E-state index contributed by atoms with van der Waals surface area (Å²) in [4.78, 5) is 22.7. The molecule has 0 saturated heterocycles. The van der Waals surface area contributed by atoms with Crippen LogP contribution in [0.15, 0.2) is 17.8 Å². The SMILES string of the molecule is COC(=O)/C(=C\c1cc(C)c(C)c(C)c1)NC(C)=O. The Labute approximate surface area is 113 Å². The van der Waals surface area contributed by atoms with Gasteiger partial charge in [0.25, 0.3) is 0 Å². The van der Waals surface area contributed by atoms with E-state index in [1.165, 1.54) is 19.6 Å². The van der Waals surface area contributed by atoms with E-state index in [1.807, 2.05) is 32.9 Å². The number of nitrogens with one attached hydrogen (secondary N) is 1. The normalized spacial score (nSPS) is 11.1. The molecule has 0 aliphatic rings. The van der Waals surface area contributed by atoms with Crippen LogP contribution in [0.5, 0.6) is 0 Å². The van der Waals surface area contributed by atoms with Crippen molar-refractivity contribution in [2.75, 3.05) is 7.11 Å². The van der Waals surface area contributed by atoms with Crippen LogP contribution in [0.25, 0.3) is 6.08 Å². The lowest BCUT2D eigenvalue weighted by Gasteiger charge is -2.09. The van der Waals surface area contributed by atoms with E-state index in [4.69, 9.17) is 0 Å². The van der Waals surface area contributed by atoms with Gasteiger partial charge in [-0.15, -0.1) is 0 Å². The highest BCUT2D eigenvalue weighted by Crippen LogP contribution is 2.17. The van der Waals surface area contributed by atoms with Crippen molar-refractivity contribution in [3.63, 3.8) is 0 Å². The Hall–Kier alpha value is -2.10. The molecule has 4 nitrogen and oxygen atoms in total. The minimum Gasteiger partial charge on any atom is -0.464 e. The molecule has 0 aliphatic heterocycles. The molecule has 0 unspecified atom stereocenters. The zero-order chi connectivity index (χ0) is 14.6. The van der Waals surface area contributed by atoms with Gasteiger partial charge in [-0.1, -0.05) is 12.1 Å². The molecule has 1 aromatic rings. The zero-order valence-electron chi connectivity index (χ0n) is 12.0. The number of methoxy groups -OCH3 is 1. The third kappa shape index (κ3) is 3.95. The molecule has 0 aliphatic carbocycles. The van der Waals surface area contributed by atoms with Gasteiger partial charge in [0.05, 0.1) is 7.11 Å². The van der Waals surface area contributed by atoms with Crippen LogP contribution < -0.4 is 5.32 Å². The first-order chi connectivity index (χ1) is 8.85. The fourth-order valence-electron chi connectivity index (χ4n) is 1.76. The molecule has 4 heteroatoms.